The molecule has 1 saturated heterocycles. The molecule has 0 aromatic heterocycles. The Labute approximate surface area is 96.7 Å². The first kappa shape index (κ1) is 9.71. The minimum atomic E-state index is 0.686. The van der Waals surface area contributed by atoms with Gasteiger partial charge in [-0.25, -0.2) is 0 Å². The Bertz CT molecular complexity index is 498. The second-order valence-electron chi connectivity index (χ2n) is 4.68. The number of rotatable bonds is 1. The molecule has 0 spiro atoms. The van der Waals surface area contributed by atoms with Crippen molar-refractivity contribution in [2.75, 3.05) is 11.4 Å². The molecule has 2 aromatic carbocycles. The van der Waals surface area contributed by atoms with Crippen LogP contribution in [-0.4, -0.2) is 12.6 Å². The van der Waals surface area contributed by atoms with Crippen molar-refractivity contribution < 1.29 is 0 Å². The molecule has 82 valence electrons. The molecule has 0 N–H and O–H groups in total. The monoisotopic (exact) mass is 211 g/mol. The quantitative estimate of drug-likeness (QED) is 0.693. The molecule has 1 fully saturated rings. The first-order chi connectivity index (χ1) is 7.86. The van der Waals surface area contributed by atoms with E-state index in [-0.39, 0.29) is 0 Å². The Morgan fingerprint density at radius 1 is 1.06 bits per heavy atom. The van der Waals surface area contributed by atoms with Gasteiger partial charge in [0, 0.05) is 23.7 Å². The van der Waals surface area contributed by atoms with E-state index >= 15 is 0 Å². The van der Waals surface area contributed by atoms with Crippen LogP contribution in [0, 0.1) is 0 Å². The Morgan fingerprint density at radius 2 is 1.88 bits per heavy atom. The van der Waals surface area contributed by atoms with Crippen molar-refractivity contribution in [3.63, 3.8) is 0 Å². The highest BCUT2D eigenvalue weighted by Gasteiger charge is 2.21. The van der Waals surface area contributed by atoms with E-state index < -0.39 is 0 Å². The molecular weight excluding hydrogens is 194 g/mol. The van der Waals surface area contributed by atoms with Gasteiger partial charge < -0.3 is 4.90 Å². The lowest BCUT2D eigenvalue weighted by Gasteiger charge is -2.25. The zero-order chi connectivity index (χ0) is 11.0. The largest absolute Gasteiger partial charge is 0.368 e. The molecule has 1 unspecified atom stereocenters. The fourth-order valence-electron chi connectivity index (χ4n) is 2.75. The van der Waals surface area contributed by atoms with Gasteiger partial charge in [-0.3, -0.25) is 0 Å². The maximum Gasteiger partial charge on any atom is 0.0448 e. The van der Waals surface area contributed by atoms with Crippen LogP contribution in [0.1, 0.15) is 19.8 Å². The third-order valence-corrected chi connectivity index (χ3v) is 3.63. The van der Waals surface area contributed by atoms with Crippen molar-refractivity contribution in [1.82, 2.24) is 0 Å². The van der Waals surface area contributed by atoms with Gasteiger partial charge in [0.1, 0.15) is 0 Å². The minimum absolute atomic E-state index is 0.686. The summed E-state index contributed by atoms with van der Waals surface area (Å²) in [5.41, 5.74) is 1.41. The van der Waals surface area contributed by atoms with Crippen LogP contribution in [0.15, 0.2) is 42.5 Å². The maximum atomic E-state index is 2.54. The van der Waals surface area contributed by atoms with E-state index in [0.29, 0.717) is 6.04 Å². The molecule has 1 nitrogen and oxygen atoms in total. The summed E-state index contributed by atoms with van der Waals surface area (Å²) < 4.78 is 0. The molecule has 0 saturated carbocycles. The van der Waals surface area contributed by atoms with Crippen LogP contribution < -0.4 is 4.90 Å². The molecule has 0 bridgehead atoms. The number of anilines is 1. The standard InChI is InChI=1S/C15H17N/c1-12-6-5-11-16(12)15-10-4-8-13-7-2-3-9-14(13)15/h2-4,7-10,12H,5-6,11H2,1H3. The molecule has 1 aliphatic rings. The minimum Gasteiger partial charge on any atom is -0.368 e. The SMILES string of the molecule is CC1CCCN1c1cccc2ccccc12. The average Bonchev–Trinajstić information content (AvgIpc) is 2.75. The predicted octanol–water partition coefficient (Wildman–Crippen LogP) is 3.83. The van der Waals surface area contributed by atoms with Crippen molar-refractivity contribution in [2.45, 2.75) is 25.8 Å². The first-order valence-electron chi connectivity index (χ1n) is 6.10. The van der Waals surface area contributed by atoms with Crippen molar-refractivity contribution in [2.24, 2.45) is 0 Å². The maximum absolute atomic E-state index is 2.54. The van der Waals surface area contributed by atoms with Crippen LogP contribution >= 0.6 is 0 Å². The van der Waals surface area contributed by atoms with Crippen LogP contribution in [0.25, 0.3) is 10.8 Å². The van der Waals surface area contributed by atoms with Crippen molar-refractivity contribution in [3.8, 4) is 0 Å². The summed E-state index contributed by atoms with van der Waals surface area (Å²) >= 11 is 0. The van der Waals surface area contributed by atoms with E-state index in [2.05, 4.69) is 54.3 Å². The van der Waals surface area contributed by atoms with Crippen molar-refractivity contribution in [1.29, 1.82) is 0 Å². The molecule has 0 aliphatic carbocycles. The fraction of sp³-hybridized carbons (Fsp3) is 0.333. The second kappa shape index (κ2) is 3.82. The number of fused-ring (bicyclic) bond motifs is 1. The van der Waals surface area contributed by atoms with Crippen molar-refractivity contribution in [3.05, 3.63) is 42.5 Å². The summed E-state index contributed by atoms with van der Waals surface area (Å²) in [6.07, 6.45) is 2.65. The van der Waals surface area contributed by atoms with Gasteiger partial charge in [0.25, 0.3) is 0 Å². The van der Waals surface area contributed by atoms with Crippen LogP contribution in [-0.2, 0) is 0 Å². The van der Waals surface area contributed by atoms with Gasteiger partial charge in [0.15, 0.2) is 0 Å². The summed E-state index contributed by atoms with van der Waals surface area (Å²) in [5.74, 6) is 0. The average molecular weight is 211 g/mol. The van der Waals surface area contributed by atoms with E-state index in [9.17, 15) is 0 Å². The molecule has 1 heterocycles. The van der Waals surface area contributed by atoms with E-state index in [1.807, 2.05) is 0 Å². The van der Waals surface area contributed by atoms with Gasteiger partial charge in [-0.1, -0.05) is 36.4 Å². The van der Waals surface area contributed by atoms with E-state index in [0.717, 1.165) is 0 Å². The topological polar surface area (TPSA) is 3.24 Å². The normalized spacial score (nSPS) is 20.6. The number of hydrogen-bond donors (Lipinski definition) is 0. The molecule has 3 rings (SSSR count). The lowest BCUT2D eigenvalue weighted by molar-refractivity contribution is 0.737. The van der Waals surface area contributed by atoms with Crippen LogP contribution in [0.3, 0.4) is 0 Å². The molecule has 0 radical (unpaired) electrons. The van der Waals surface area contributed by atoms with E-state index in [1.165, 1.54) is 35.8 Å². The van der Waals surface area contributed by atoms with Gasteiger partial charge >= 0.3 is 0 Å². The molecule has 1 atom stereocenters. The van der Waals surface area contributed by atoms with E-state index in [4.69, 9.17) is 0 Å². The molecule has 0 amide bonds. The fourth-order valence-corrected chi connectivity index (χ4v) is 2.75. The number of benzene rings is 2. The van der Waals surface area contributed by atoms with Crippen molar-refractivity contribution >= 4 is 16.5 Å². The number of hydrogen-bond acceptors (Lipinski definition) is 1. The zero-order valence-corrected chi connectivity index (χ0v) is 9.69. The number of nitrogens with zero attached hydrogens (tertiary/aromatic N) is 1. The van der Waals surface area contributed by atoms with E-state index in [1.54, 1.807) is 0 Å². The highest BCUT2D eigenvalue weighted by atomic mass is 15.2. The predicted molar refractivity (Wildman–Crippen MR) is 70.0 cm³/mol. The Morgan fingerprint density at radius 3 is 2.69 bits per heavy atom. The smallest absolute Gasteiger partial charge is 0.0448 e. The summed E-state index contributed by atoms with van der Waals surface area (Å²) in [6, 6.07) is 16.0. The Balaban J connectivity index is 2.16. The summed E-state index contributed by atoms with van der Waals surface area (Å²) in [5, 5.41) is 2.73. The van der Waals surface area contributed by atoms with Gasteiger partial charge in [-0.2, -0.15) is 0 Å². The third kappa shape index (κ3) is 1.47. The molecule has 2 aromatic rings. The molecular formula is C15H17N. The summed E-state index contributed by atoms with van der Waals surface area (Å²) in [6.45, 7) is 3.53. The van der Waals surface area contributed by atoms with Crippen LogP contribution in [0.5, 0.6) is 0 Å². The van der Waals surface area contributed by atoms with Crippen LogP contribution in [0.2, 0.25) is 0 Å². The molecule has 1 heteroatoms. The second-order valence-corrected chi connectivity index (χ2v) is 4.68. The Kier molecular flexibility index (Phi) is 2.32. The highest BCUT2D eigenvalue weighted by molar-refractivity contribution is 5.94. The van der Waals surface area contributed by atoms with Gasteiger partial charge in [0.2, 0.25) is 0 Å². The van der Waals surface area contributed by atoms with Crippen LogP contribution in [0.4, 0.5) is 5.69 Å². The molecule has 1 aliphatic heterocycles. The first-order valence-corrected chi connectivity index (χ1v) is 6.10. The Hall–Kier alpha value is -1.50. The lowest BCUT2D eigenvalue weighted by atomic mass is 10.1. The highest BCUT2D eigenvalue weighted by Crippen LogP contribution is 2.31. The zero-order valence-electron chi connectivity index (χ0n) is 9.69. The summed E-state index contributed by atoms with van der Waals surface area (Å²) in [7, 11) is 0. The summed E-state index contributed by atoms with van der Waals surface area (Å²) in [4.78, 5) is 2.54. The lowest BCUT2D eigenvalue weighted by Crippen LogP contribution is -2.26. The van der Waals surface area contributed by atoms with Gasteiger partial charge in [-0.05, 0) is 31.2 Å². The third-order valence-electron chi connectivity index (χ3n) is 3.63. The van der Waals surface area contributed by atoms with Gasteiger partial charge in [0.05, 0.1) is 0 Å². The van der Waals surface area contributed by atoms with Gasteiger partial charge in [-0.15, -0.1) is 0 Å². The molecule has 16 heavy (non-hydrogen) atoms.